The summed E-state index contributed by atoms with van der Waals surface area (Å²) < 4.78 is 14.7. The van der Waals surface area contributed by atoms with Crippen LogP contribution in [0.5, 0.6) is 0 Å². The largest absolute Gasteiger partial charge is 0.292 e. The fourth-order valence-corrected chi connectivity index (χ4v) is 2.75. The van der Waals surface area contributed by atoms with E-state index in [9.17, 15) is 9.18 Å². The Morgan fingerprint density at radius 2 is 1.81 bits per heavy atom. The number of benzene rings is 2. The molecule has 4 rings (SSSR count). The first-order chi connectivity index (χ1) is 13.1. The van der Waals surface area contributed by atoms with Crippen LogP contribution in [0.3, 0.4) is 0 Å². The standard InChI is InChI=1S/C19H15FN6O/c1-13-17(11-21-26(13)16-5-3-2-4-6-16)18(27)12-25-23-19(22-24-25)14-7-9-15(20)10-8-14/h2-11H,12H2,1H3. The maximum atomic E-state index is 13.0. The maximum absolute atomic E-state index is 13.0. The number of halogens is 1. The molecule has 0 aliphatic carbocycles. The van der Waals surface area contributed by atoms with E-state index >= 15 is 0 Å². The fraction of sp³-hybridized carbons (Fsp3) is 0.105. The maximum Gasteiger partial charge on any atom is 0.204 e. The van der Waals surface area contributed by atoms with Gasteiger partial charge in [-0.05, 0) is 48.5 Å². The molecule has 0 saturated carbocycles. The van der Waals surface area contributed by atoms with Crippen LogP contribution >= 0.6 is 0 Å². The third-order valence-corrected chi connectivity index (χ3v) is 4.15. The van der Waals surface area contributed by atoms with E-state index in [1.807, 2.05) is 37.3 Å². The summed E-state index contributed by atoms with van der Waals surface area (Å²) in [4.78, 5) is 13.9. The Morgan fingerprint density at radius 3 is 2.56 bits per heavy atom. The molecule has 0 aliphatic rings. The van der Waals surface area contributed by atoms with Crippen LogP contribution < -0.4 is 0 Å². The lowest BCUT2D eigenvalue weighted by atomic mass is 10.1. The van der Waals surface area contributed by atoms with E-state index in [2.05, 4.69) is 20.5 Å². The summed E-state index contributed by atoms with van der Waals surface area (Å²) in [6, 6.07) is 15.3. The molecule has 0 spiro atoms. The third kappa shape index (κ3) is 3.37. The van der Waals surface area contributed by atoms with Gasteiger partial charge in [0.25, 0.3) is 0 Å². The molecule has 0 aliphatic heterocycles. The van der Waals surface area contributed by atoms with Gasteiger partial charge in [0.2, 0.25) is 5.82 Å². The summed E-state index contributed by atoms with van der Waals surface area (Å²) in [7, 11) is 0. The van der Waals surface area contributed by atoms with E-state index in [-0.39, 0.29) is 18.1 Å². The molecule has 0 unspecified atom stereocenters. The molecular formula is C19H15FN6O. The predicted octanol–water partition coefficient (Wildman–Crippen LogP) is 2.86. The minimum absolute atomic E-state index is 0.0600. The smallest absolute Gasteiger partial charge is 0.204 e. The lowest BCUT2D eigenvalue weighted by Crippen LogP contribution is -2.14. The highest BCUT2D eigenvalue weighted by atomic mass is 19.1. The second kappa shape index (κ2) is 6.91. The van der Waals surface area contributed by atoms with Crippen molar-refractivity contribution in [1.82, 2.24) is 30.0 Å². The lowest BCUT2D eigenvalue weighted by molar-refractivity contribution is 0.0961. The summed E-state index contributed by atoms with van der Waals surface area (Å²) in [6.07, 6.45) is 1.54. The Balaban J connectivity index is 1.53. The Labute approximate surface area is 154 Å². The second-order valence-corrected chi connectivity index (χ2v) is 5.96. The lowest BCUT2D eigenvalue weighted by Gasteiger charge is -2.04. The normalized spacial score (nSPS) is 10.9. The zero-order valence-corrected chi connectivity index (χ0v) is 14.5. The van der Waals surface area contributed by atoms with Gasteiger partial charge < -0.3 is 0 Å². The van der Waals surface area contributed by atoms with Crippen LogP contribution in [0.15, 0.2) is 60.8 Å². The topological polar surface area (TPSA) is 78.5 Å². The van der Waals surface area contributed by atoms with Crippen LogP contribution in [-0.4, -0.2) is 35.8 Å². The number of carbonyl (C=O) groups is 1. The van der Waals surface area contributed by atoms with Gasteiger partial charge in [0, 0.05) is 5.56 Å². The summed E-state index contributed by atoms with van der Waals surface area (Å²) in [5, 5.41) is 16.3. The quantitative estimate of drug-likeness (QED) is 0.510. The van der Waals surface area contributed by atoms with E-state index in [1.54, 1.807) is 23.0 Å². The minimum atomic E-state index is -0.341. The molecule has 0 radical (unpaired) electrons. The van der Waals surface area contributed by atoms with Crippen LogP contribution in [0.1, 0.15) is 16.1 Å². The van der Waals surface area contributed by atoms with Gasteiger partial charge in [-0.25, -0.2) is 9.07 Å². The highest BCUT2D eigenvalue weighted by Gasteiger charge is 2.17. The number of hydrogen-bond acceptors (Lipinski definition) is 5. The van der Waals surface area contributed by atoms with Crippen molar-refractivity contribution in [3.63, 3.8) is 0 Å². The molecule has 0 N–H and O–H groups in total. The van der Waals surface area contributed by atoms with Crippen LogP contribution in [0.2, 0.25) is 0 Å². The van der Waals surface area contributed by atoms with Crippen molar-refractivity contribution >= 4 is 5.78 Å². The van der Waals surface area contributed by atoms with Crippen LogP contribution in [0.4, 0.5) is 4.39 Å². The molecule has 0 atom stereocenters. The molecule has 0 fully saturated rings. The zero-order chi connectivity index (χ0) is 18.8. The van der Waals surface area contributed by atoms with Crippen LogP contribution in [0, 0.1) is 12.7 Å². The van der Waals surface area contributed by atoms with Gasteiger partial charge in [-0.3, -0.25) is 4.79 Å². The molecule has 2 heterocycles. The van der Waals surface area contributed by atoms with E-state index in [1.165, 1.54) is 16.9 Å². The first-order valence-corrected chi connectivity index (χ1v) is 8.29. The van der Waals surface area contributed by atoms with Crippen LogP contribution in [0.25, 0.3) is 17.1 Å². The molecule has 2 aromatic carbocycles. The molecule has 0 bridgehead atoms. The molecule has 8 heteroatoms. The molecule has 0 saturated heterocycles. The molecule has 134 valence electrons. The molecule has 0 amide bonds. The monoisotopic (exact) mass is 362 g/mol. The summed E-state index contributed by atoms with van der Waals surface area (Å²) in [5.74, 6) is -0.176. The van der Waals surface area contributed by atoms with Gasteiger partial charge in [-0.15, -0.1) is 10.2 Å². The van der Waals surface area contributed by atoms with Crippen molar-refractivity contribution in [1.29, 1.82) is 0 Å². The number of para-hydroxylation sites is 1. The number of rotatable bonds is 5. The predicted molar refractivity (Wildman–Crippen MR) is 95.8 cm³/mol. The zero-order valence-electron chi connectivity index (χ0n) is 14.5. The van der Waals surface area contributed by atoms with Crippen molar-refractivity contribution in [3.8, 4) is 17.1 Å². The summed E-state index contributed by atoms with van der Waals surface area (Å²) in [5.41, 5.74) is 2.75. The highest BCUT2D eigenvalue weighted by Crippen LogP contribution is 2.16. The molecule has 7 nitrogen and oxygen atoms in total. The highest BCUT2D eigenvalue weighted by molar-refractivity contribution is 5.96. The van der Waals surface area contributed by atoms with Gasteiger partial charge in [-0.2, -0.15) is 9.90 Å². The van der Waals surface area contributed by atoms with Crippen molar-refractivity contribution < 1.29 is 9.18 Å². The van der Waals surface area contributed by atoms with Gasteiger partial charge in [0.15, 0.2) is 5.78 Å². The van der Waals surface area contributed by atoms with E-state index in [4.69, 9.17) is 0 Å². The van der Waals surface area contributed by atoms with E-state index < -0.39 is 0 Å². The van der Waals surface area contributed by atoms with Gasteiger partial charge in [0.1, 0.15) is 12.4 Å². The number of Topliss-reactive ketones (excluding diaryl/α,β-unsaturated/α-hetero) is 1. The minimum Gasteiger partial charge on any atom is -0.292 e. The SMILES string of the molecule is Cc1c(C(=O)Cn2nnc(-c3ccc(F)cc3)n2)cnn1-c1ccccc1. The third-order valence-electron chi connectivity index (χ3n) is 4.15. The molecule has 27 heavy (non-hydrogen) atoms. The number of ketones is 1. The van der Waals surface area contributed by atoms with Crippen molar-refractivity contribution in [2.75, 3.05) is 0 Å². The Hall–Kier alpha value is -3.68. The second-order valence-electron chi connectivity index (χ2n) is 5.96. The van der Waals surface area contributed by atoms with Crippen molar-refractivity contribution in [2.24, 2.45) is 0 Å². The molecular weight excluding hydrogens is 347 g/mol. The van der Waals surface area contributed by atoms with Gasteiger partial charge >= 0.3 is 0 Å². The summed E-state index contributed by atoms with van der Waals surface area (Å²) in [6.45, 7) is 1.78. The average Bonchev–Trinajstić information content (AvgIpc) is 3.30. The summed E-state index contributed by atoms with van der Waals surface area (Å²) >= 11 is 0. The van der Waals surface area contributed by atoms with E-state index in [0.717, 1.165) is 11.4 Å². The van der Waals surface area contributed by atoms with Crippen molar-refractivity contribution in [3.05, 3.63) is 77.9 Å². The number of hydrogen-bond donors (Lipinski definition) is 0. The Kier molecular flexibility index (Phi) is 4.29. The Morgan fingerprint density at radius 1 is 1.07 bits per heavy atom. The molecule has 4 aromatic rings. The van der Waals surface area contributed by atoms with Crippen LogP contribution in [-0.2, 0) is 6.54 Å². The first-order valence-electron chi connectivity index (χ1n) is 8.29. The number of nitrogens with zero attached hydrogens (tertiary/aromatic N) is 6. The fourth-order valence-electron chi connectivity index (χ4n) is 2.75. The van der Waals surface area contributed by atoms with E-state index in [0.29, 0.717) is 17.0 Å². The number of tetrazole rings is 1. The molecule has 2 aromatic heterocycles. The average molecular weight is 362 g/mol. The number of aromatic nitrogens is 6. The number of carbonyl (C=O) groups excluding carboxylic acids is 1. The first kappa shape index (κ1) is 16.8. The van der Waals surface area contributed by atoms with Gasteiger partial charge in [-0.1, -0.05) is 18.2 Å². The van der Waals surface area contributed by atoms with Crippen molar-refractivity contribution in [2.45, 2.75) is 13.5 Å². The Bertz CT molecular complexity index is 1090. The van der Waals surface area contributed by atoms with Gasteiger partial charge in [0.05, 0.1) is 23.1 Å².